The van der Waals surface area contributed by atoms with E-state index < -0.39 is 0 Å². The van der Waals surface area contributed by atoms with Crippen molar-refractivity contribution in [3.63, 3.8) is 0 Å². The standard InChI is InChI=1S/C18H26N4O2/c1-13-17(14(2)24-20-13)12-22(5)18(23)19-10-15-7-6-8-16(9-15)11-21(3)4/h6-9H,10-12H2,1-5H3,(H,19,23). The van der Waals surface area contributed by atoms with E-state index in [2.05, 4.69) is 27.5 Å². The largest absolute Gasteiger partial charge is 0.361 e. The van der Waals surface area contributed by atoms with Gasteiger partial charge in [0.1, 0.15) is 5.76 Å². The summed E-state index contributed by atoms with van der Waals surface area (Å²) in [4.78, 5) is 16.0. The SMILES string of the molecule is Cc1noc(C)c1CN(C)C(=O)NCc1cccc(CN(C)C)c1. The molecule has 0 saturated carbocycles. The third kappa shape index (κ3) is 4.83. The summed E-state index contributed by atoms with van der Waals surface area (Å²) in [5.74, 6) is 0.753. The first-order valence-electron chi connectivity index (χ1n) is 8.00. The van der Waals surface area contributed by atoms with Crippen molar-refractivity contribution in [2.45, 2.75) is 33.5 Å². The fraction of sp³-hybridized carbons (Fsp3) is 0.444. The molecule has 0 fully saturated rings. The average Bonchev–Trinajstić information content (AvgIpc) is 2.84. The Kier molecular flexibility index (Phi) is 5.98. The minimum atomic E-state index is -0.118. The van der Waals surface area contributed by atoms with Gasteiger partial charge >= 0.3 is 6.03 Å². The fourth-order valence-electron chi connectivity index (χ4n) is 2.55. The molecule has 0 unspecified atom stereocenters. The number of aryl methyl sites for hydroxylation is 2. The number of benzene rings is 1. The molecule has 0 spiro atoms. The van der Waals surface area contributed by atoms with Gasteiger partial charge in [-0.05, 0) is 39.1 Å². The summed E-state index contributed by atoms with van der Waals surface area (Å²) < 4.78 is 5.14. The minimum absolute atomic E-state index is 0.118. The number of rotatable bonds is 6. The molecule has 1 heterocycles. The smallest absolute Gasteiger partial charge is 0.317 e. The lowest BCUT2D eigenvalue weighted by Gasteiger charge is -2.18. The highest BCUT2D eigenvalue weighted by atomic mass is 16.5. The molecule has 1 aromatic heterocycles. The number of carbonyl (C=O) groups excluding carboxylic acids is 1. The summed E-state index contributed by atoms with van der Waals surface area (Å²) in [6, 6.07) is 8.14. The molecule has 6 nitrogen and oxygen atoms in total. The van der Waals surface area contributed by atoms with Gasteiger partial charge < -0.3 is 19.6 Å². The lowest BCUT2D eigenvalue weighted by Crippen LogP contribution is -2.36. The molecule has 6 heteroatoms. The Hall–Kier alpha value is -2.34. The van der Waals surface area contributed by atoms with Gasteiger partial charge in [0, 0.05) is 25.7 Å². The van der Waals surface area contributed by atoms with E-state index in [1.807, 2.05) is 40.1 Å². The number of carbonyl (C=O) groups is 1. The van der Waals surface area contributed by atoms with Crippen LogP contribution in [0.15, 0.2) is 28.8 Å². The van der Waals surface area contributed by atoms with Gasteiger partial charge in [-0.25, -0.2) is 4.79 Å². The predicted octanol–water partition coefficient (Wildman–Crippen LogP) is 2.69. The van der Waals surface area contributed by atoms with Gasteiger partial charge in [-0.15, -0.1) is 0 Å². The second kappa shape index (κ2) is 7.97. The van der Waals surface area contributed by atoms with Crippen molar-refractivity contribution in [3.05, 3.63) is 52.4 Å². The highest BCUT2D eigenvalue weighted by molar-refractivity contribution is 5.73. The van der Waals surface area contributed by atoms with Crippen molar-refractivity contribution in [2.75, 3.05) is 21.1 Å². The molecule has 1 N–H and O–H groups in total. The number of urea groups is 1. The molecule has 0 atom stereocenters. The topological polar surface area (TPSA) is 61.6 Å². The Bertz CT molecular complexity index is 675. The third-order valence-corrected chi connectivity index (χ3v) is 3.86. The second-order valence-electron chi connectivity index (χ2n) is 6.38. The van der Waals surface area contributed by atoms with Crippen LogP contribution in [-0.4, -0.2) is 42.1 Å². The van der Waals surface area contributed by atoms with Gasteiger partial charge in [0.15, 0.2) is 0 Å². The van der Waals surface area contributed by atoms with E-state index in [0.29, 0.717) is 13.1 Å². The number of amides is 2. The molecule has 2 amide bonds. The summed E-state index contributed by atoms with van der Waals surface area (Å²) in [6.07, 6.45) is 0. The van der Waals surface area contributed by atoms with Crippen molar-refractivity contribution in [2.24, 2.45) is 0 Å². The van der Waals surface area contributed by atoms with E-state index in [1.54, 1.807) is 11.9 Å². The molecular formula is C18H26N4O2. The Balaban J connectivity index is 1.90. The first-order chi connectivity index (χ1) is 11.4. The predicted molar refractivity (Wildman–Crippen MR) is 93.5 cm³/mol. The van der Waals surface area contributed by atoms with Crippen molar-refractivity contribution in [1.82, 2.24) is 20.3 Å². The monoisotopic (exact) mass is 330 g/mol. The van der Waals surface area contributed by atoms with E-state index in [1.165, 1.54) is 5.56 Å². The van der Waals surface area contributed by atoms with E-state index in [-0.39, 0.29) is 6.03 Å². The van der Waals surface area contributed by atoms with Crippen LogP contribution in [-0.2, 0) is 19.6 Å². The zero-order valence-electron chi connectivity index (χ0n) is 15.1. The van der Waals surface area contributed by atoms with Crippen molar-refractivity contribution in [1.29, 1.82) is 0 Å². The van der Waals surface area contributed by atoms with E-state index in [9.17, 15) is 4.79 Å². The first-order valence-corrected chi connectivity index (χ1v) is 8.00. The molecule has 2 rings (SSSR count). The van der Waals surface area contributed by atoms with Crippen LogP contribution < -0.4 is 5.32 Å². The van der Waals surface area contributed by atoms with Gasteiger partial charge in [0.05, 0.1) is 12.2 Å². The molecule has 0 radical (unpaired) electrons. The second-order valence-corrected chi connectivity index (χ2v) is 6.38. The summed E-state index contributed by atoms with van der Waals surface area (Å²) >= 11 is 0. The molecule has 0 aliphatic rings. The van der Waals surface area contributed by atoms with E-state index in [0.717, 1.165) is 29.1 Å². The van der Waals surface area contributed by atoms with Crippen LogP contribution in [0.25, 0.3) is 0 Å². The van der Waals surface area contributed by atoms with E-state index >= 15 is 0 Å². The summed E-state index contributed by atoms with van der Waals surface area (Å²) in [5.41, 5.74) is 4.11. The van der Waals surface area contributed by atoms with E-state index in [4.69, 9.17) is 4.52 Å². The molecule has 0 aliphatic heterocycles. The number of aromatic nitrogens is 1. The van der Waals surface area contributed by atoms with Gasteiger partial charge in [0.25, 0.3) is 0 Å². The minimum Gasteiger partial charge on any atom is -0.361 e. The van der Waals surface area contributed by atoms with Crippen molar-refractivity contribution in [3.8, 4) is 0 Å². The zero-order valence-corrected chi connectivity index (χ0v) is 15.1. The fourth-order valence-corrected chi connectivity index (χ4v) is 2.55. The van der Waals surface area contributed by atoms with Crippen molar-refractivity contribution >= 4 is 6.03 Å². The molecule has 0 bridgehead atoms. The average molecular weight is 330 g/mol. The van der Waals surface area contributed by atoms with Crippen LogP contribution in [0.2, 0.25) is 0 Å². The lowest BCUT2D eigenvalue weighted by atomic mass is 10.1. The van der Waals surface area contributed by atoms with Crippen LogP contribution in [0.3, 0.4) is 0 Å². The third-order valence-electron chi connectivity index (χ3n) is 3.86. The highest BCUT2D eigenvalue weighted by Gasteiger charge is 2.15. The number of nitrogens with zero attached hydrogens (tertiary/aromatic N) is 3. The normalized spacial score (nSPS) is 10.9. The Morgan fingerprint density at radius 3 is 2.50 bits per heavy atom. The Morgan fingerprint density at radius 2 is 1.88 bits per heavy atom. The van der Waals surface area contributed by atoms with Gasteiger partial charge in [-0.3, -0.25) is 0 Å². The van der Waals surface area contributed by atoms with Gasteiger partial charge in [-0.2, -0.15) is 0 Å². The molecular weight excluding hydrogens is 304 g/mol. The summed E-state index contributed by atoms with van der Waals surface area (Å²) in [6.45, 7) is 5.61. The maximum absolute atomic E-state index is 12.3. The quantitative estimate of drug-likeness (QED) is 0.884. The Morgan fingerprint density at radius 1 is 1.17 bits per heavy atom. The Labute approximate surface area is 143 Å². The zero-order chi connectivity index (χ0) is 17.7. The molecule has 24 heavy (non-hydrogen) atoms. The van der Waals surface area contributed by atoms with Crippen LogP contribution in [0.4, 0.5) is 4.79 Å². The van der Waals surface area contributed by atoms with Crippen LogP contribution in [0, 0.1) is 13.8 Å². The first kappa shape index (κ1) is 18.0. The molecule has 1 aromatic carbocycles. The van der Waals surface area contributed by atoms with Gasteiger partial charge in [-0.1, -0.05) is 29.4 Å². The maximum Gasteiger partial charge on any atom is 0.317 e. The number of hydrogen-bond donors (Lipinski definition) is 1. The van der Waals surface area contributed by atoms with Gasteiger partial charge in [0.2, 0.25) is 0 Å². The maximum atomic E-state index is 12.3. The van der Waals surface area contributed by atoms with Crippen LogP contribution in [0.1, 0.15) is 28.1 Å². The summed E-state index contributed by atoms with van der Waals surface area (Å²) in [7, 11) is 5.85. The van der Waals surface area contributed by atoms with Crippen LogP contribution >= 0.6 is 0 Å². The number of hydrogen-bond acceptors (Lipinski definition) is 4. The van der Waals surface area contributed by atoms with Crippen molar-refractivity contribution < 1.29 is 9.32 Å². The number of nitrogens with one attached hydrogen (secondary N) is 1. The molecule has 130 valence electrons. The van der Waals surface area contributed by atoms with Crippen LogP contribution in [0.5, 0.6) is 0 Å². The highest BCUT2D eigenvalue weighted by Crippen LogP contribution is 2.14. The molecule has 0 saturated heterocycles. The molecule has 2 aromatic rings. The lowest BCUT2D eigenvalue weighted by molar-refractivity contribution is 0.206. The molecule has 0 aliphatic carbocycles. The summed E-state index contributed by atoms with van der Waals surface area (Å²) in [5, 5.41) is 6.87.